The third kappa shape index (κ3) is 3.73. The molecule has 0 saturated carbocycles. The molecular weight excluding hydrogens is 341 g/mol. The number of carboxylic acid groups (broad SMARTS) is 1. The molecule has 3 rings (SSSR count). The van der Waals surface area contributed by atoms with Crippen LogP contribution in [0.1, 0.15) is 24.8 Å². The van der Waals surface area contributed by atoms with Crippen LogP contribution in [-0.4, -0.2) is 59.4 Å². The quantitative estimate of drug-likeness (QED) is 0.844. The van der Waals surface area contributed by atoms with Gasteiger partial charge in [-0.15, -0.1) is 0 Å². The molecule has 2 saturated heterocycles. The Kier molecular flexibility index (Phi) is 5.58. The maximum absolute atomic E-state index is 13.5. The second-order valence-corrected chi connectivity index (χ2v) is 7.22. The maximum atomic E-state index is 13.5. The average Bonchev–Trinajstić information content (AvgIpc) is 2.63. The number of carbonyl (C=O) groups is 2. The highest BCUT2D eigenvalue weighted by atomic mass is 19.1. The van der Waals surface area contributed by atoms with Crippen molar-refractivity contribution in [2.75, 3.05) is 26.3 Å². The lowest BCUT2D eigenvalue weighted by Crippen LogP contribution is -2.59. The number of ether oxygens (including phenoxy) is 1. The Bertz CT molecular complexity index is 676. The topological polar surface area (TPSA) is 87.1 Å². The van der Waals surface area contributed by atoms with Gasteiger partial charge in [-0.1, -0.05) is 12.1 Å². The van der Waals surface area contributed by atoms with Gasteiger partial charge in [-0.25, -0.2) is 4.39 Å². The minimum Gasteiger partial charge on any atom is -0.481 e. The van der Waals surface area contributed by atoms with Gasteiger partial charge in [0.15, 0.2) is 0 Å². The van der Waals surface area contributed by atoms with Gasteiger partial charge in [-0.05, 0) is 43.4 Å². The molecule has 142 valence electrons. The predicted molar refractivity (Wildman–Crippen MR) is 90.9 cm³/mol. The third-order valence-electron chi connectivity index (χ3n) is 5.50. The fourth-order valence-corrected chi connectivity index (χ4v) is 3.94. The minimum absolute atomic E-state index is 0.0290. The number of hydrogen-bond acceptors (Lipinski definition) is 4. The molecule has 7 heteroatoms. The Morgan fingerprint density at radius 2 is 2.00 bits per heavy atom. The predicted octanol–water partition coefficient (Wildman–Crippen LogP) is 1.46. The number of aliphatic hydroxyl groups excluding tert-OH is 1. The number of carboxylic acids is 1. The van der Waals surface area contributed by atoms with Gasteiger partial charge in [0.1, 0.15) is 11.2 Å². The molecule has 26 heavy (non-hydrogen) atoms. The number of aliphatic hydroxyl groups is 1. The number of benzene rings is 1. The number of nitrogens with zero attached hydrogens (tertiary/aromatic N) is 1. The van der Waals surface area contributed by atoms with Crippen molar-refractivity contribution >= 4 is 11.9 Å². The van der Waals surface area contributed by atoms with Crippen molar-refractivity contribution in [1.82, 2.24) is 4.90 Å². The van der Waals surface area contributed by atoms with Gasteiger partial charge in [0.2, 0.25) is 5.91 Å². The van der Waals surface area contributed by atoms with E-state index in [4.69, 9.17) is 4.74 Å². The third-order valence-corrected chi connectivity index (χ3v) is 5.50. The van der Waals surface area contributed by atoms with Crippen LogP contribution in [-0.2, 0) is 20.7 Å². The number of aliphatic carboxylic acids is 1. The second-order valence-electron chi connectivity index (χ2n) is 7.22. The summed E-state index contributed by atoms with van der Waals surface area (Å²) in [6, 6.07) is 5.71. The number of carbonyl (C=O) groups excluding carboxylic acids is 1. The van der Waals surface area contributed by atoms with Crippen molar-refractivity contribution in [3.8, 4) is 0 Å². The largest absolute Gasteiger partial charge is 0.481 e. The first kappa shape index (κ1) is 18.8. The monoisotopic (exact) mass is 365 g/mol. The molecule has 2 N–H and O–H groups in total. The summed E-state index contributed by atoms with van der Waals surface area (Å²) in [4.78, 5) is 26.5. The van der Waals surface area contributed by atoms with Crippen molar-refractivity contribution in [2.24, 2.45) is 11.3 Å². The van der Waals surface area contributed by atoms with E-state index in [0.29, 0.717) is 38.2 Å². The van der Waals surface area contributed by atoms with E-state index in [1.807, 2.05) is 0 Å². The first-order valence-corrected chi connectivity index (χ1v) is 8.95. The van der Waals surface area contributed by atoms with Crippen LogP contribution in [0.4, 0.5) is 4.39 Å². The summed E-state index contributed by atoms with van der Waals surface area (Å²) in [6.45, 7) is 1.31. The molecule has 1 aromatic rings. The number of rotatable bonds is 4. The summed E-state index contributed by atoms with van der Waals surface area (Å²) in [5, 5.41) is 20.4. The first-order valence-electron chi connectivity index (χ1n) is 8.95. The molecule has 0 aliphatic carbocycles. The molecular formula is C19H24FNO5. The van der Waals surface area contributed by atoms with E-state index in [0.717, 1.165) is 0 Å². The molecule has 1 aromatic carbocycles. The lowest BCUT2D eigenvalue weighted by atomic mass is 9.72. The Balaban J connectivity index is 1.82. The molecule has 2 aliphatic heterocycles. The van der Waals surface area contributed by atoms with E-state index in [9.17, 15) is 24.2 Å². The van der Waals surface area contributed by atoms with E-state index < -0.39 is 23.3 Å². The normalized spacial score (nSPS) is 27.3. The number of piperidine rings is 1. The van der Waals surface area contributed by atoms with Crippen molar-refractivity contribution in [3.05, 3.63) is 35.6 Å². The van der Waals surface area contributed by atoms with Crippen LogP contribution < -0.4 is 0 Å². The van der Waals surface area contributed by atoms with Gasteiger partial charge in [0, 0.05) is 32.2 Å². The smallest absolute Gasteiger partial charge is 0.314 e. The fraction of sp³-hybridized carbons (Fsp3) is 0.579. The maximum Gasteiger partial charge on any atom is 0.314 e. The molecule has 6 nitrogen and oxygen atoms in total. The van der Waals surface area contributed by atoms with E-state index >= 15 is 0 Å². The van der Waals surface area contributed by atoms with E-state index in [1.54, 1.807) is 11.0 Å². The molecule has 1 amide bonds. The van der Waals surface area contributed by atoms with Gasteiger partial charge in [0.25, 0.3) is 0 Å². The van der Waals surface area contributed by atoms with Crippen molar-refractivity contribution < 1.29 is 28.9 Å². The molecule has 2 fully saturated rings. The van der Waals surface area contributed by atoms with Crippen molar-refractivity contribution in [3.63, 3.8) is 0 Å². The van der Waals surface area contributed by atoms with E-state index in [2.05, 4.69) is 0 Å². The van der Waals surface area contributed by atoms with Gasteiger partial charge in [0.05, 0.1) is 6.10 Å². The summed E-state index contributed by atoms with van der Waals surface area (Å²) in [7, 11) is 0. The summed E-state index contributed by atoms with van der Waals surface area (Å²) < 4.78 is 18.8. The van der Waals surface area contributed by atoms with Gasteiger partial charge in [-0.2, -0.15) is 0 Å². The second kappa shape index (κ2) is 7.72. The number of halogens is 1. The Hall–Kier alpha value is -1.99. The van der Waals surface area contributed by atoms with Crippen molar-refractivity contribution in [1.29, 1.82) is 0 Å². The Morgan fingerprint density at radius 1 is 1.27 bits per heavy atom. The minimum atomic E-state index is -1.53. The molecule has 0 radical (unpaired) electrons. The van der Waals surface area contributed by atoms with Crippen LogP contribution >= 0.6 is 0 Å². The van der Waals surface area contributed by atoms with Gasteiger partial charge >= 0.3 is 5.97 Å². The summed E-state index contributed by atoms with van der Waals surface area (Å²) in [5.74, 6) is -1.87. The standard InChI is InChI=1S/C19H24FNO5/c20-15-3-1-2-13(10-15)11-19(18(24)25)12-21(7-4-16(19)22)17(23)14-5-8-26-9-6-14/h1-3,10,14,16,22H,4-9,11-12H2,(H,24,25)/t16-,19-/m1/s1. The van der Waals surface area contributed by atoms with Crippen LogP contribution in [0.25, 0.3) is 0 Å². The fourth-order valence-electron chi connectivity index (χ4n) is 3.94. The molecule has 0 unspecified atom stereocenters. The summed E-state index contributed by atoms with van der Waals surface area (Å²) in [6.07, 6.45) is 0.320. The molecule has 2 aliphatic rings. The zero-order valence-electron chi connectivity index (χ0n) is 14.6. The molecule has 2 heterocycles. The number of likely N-dealkylation sites (tertiary alicyclic amines) is 1. The molecule has 0 spiro atoms. The van der Waals surface area contributed by atoms with Crippen LogP contribution in [0, 0.1) is 17.2 Å². The van der Waals surface area contributed by atoms with E-state index in [1.165, 1.54) is 18.2 Å². The summed E-state index contributed by atoms with van der Waals surface area (Å²) in [5.41, 5.74) is -1.04. The molecule has 2 atom stereocenters. The number of amides is 1. The van der Waals surface area contributed by atoms with Gasteiger partial charge < -0.3 is 19.8 Å². The molecule has 0 aromatic heterocycles. The van der Waals surface area contributed by atoms with Crippen LogP contribution in [0.3, 0.4) is 0 Å². The van der Waals surface area contributed by atoms with Crippen LogP contribution in [0.2, 0.25) is 0 Å². The Morgan fingerprint density at radius 3 is 2.65 bits per heavy atom. The average molecular weight is 365 g/mol. The SMILES string of the molecule is O=C(C1CCOCC1)N1CC[C@@H](O)[C@](Cc2cccc(F)c2)(C(=O)O)C1. The molecule has 0 bridgehead atoms. The lowest BCUT2D eigenvalue weighted by Gasteiger charge is -2.44. The highest BCUT2D eigenvalue weighted by Crippen LogP contribution is 2.36. The summed E-state index contributed by atoms with van der Waals surface area (Å²) >= 11 is 0. The van der Waals surface area contributed by atoms with Crippen LogP contribution in [0.15, 0.2) is 24.3 Å². The zero-order valence-corrected chi connectivity index (χ0v) is 14.6. The van der Waals surface area contributed by atoms with E-state index in [-0.39, 0.29) is 31.2 Å². The van der Waals surface area contributed by atoms with Crippen LogP contribution in [0.5, 0.6) is 0 Å². The van der Waals surface area contributed by atoms with Gasteiger partial charge in [-0.3, -0.25) is 9.59 Å². The highest BCUT2D eigenvalue weighted by Gasteiger charge is 2.50. The first-order chi connectivity index (χ1) is 12.4. The highest BCUT2D eigenvalue weighted by molar-refractivity contribution is 5.82. The Labute approximate surface area is 151 Å². The zero-order chi connectivity index (χ0) is 18.7. The van der Waals surface area contributed by atoms with Crippen molar-refractivity contribution in [2.45, 2.75) is 31.8 Å². The lowest BCUT2D eigenvalue weighted by molar-refractivity contribution is -0.167. The number of hydrogen-bond donors (Lipinski definition) is 2.